The Morgan fingerprint density at radius 1 is 1.16 bits per heavy atom. The van der Waals surface area contributed by atoms with E-state index in [1.165, 1.54) is 0 Å². The van der Waals surface area contributed by atoms with Crippen molar-refractivity contribution in [2.24, 2.45) is 0 Å². The molecule has 3 rings (SSSR count). The Morgan fingerprint density at radius 3 is 2.52 bits per heavy atom. The summed E-state index contributed by atoms with van der Waals surface area (Å²) < 4.78 is 34.1. The van der Waals surface area contributed by atoms with Gasteiger partial charge in [-0.05, 0) is 32.9 Å². The zero-order chi connectivity index (χ0) is 18.2. The molecule has 8 nitrogen and oxygen atoms in total. The molecule has 0 aliphatic carbocycles. The summed E-state index contributed by atoms with van der Waals surface area (Å²) in [7, 11) is -3.84. The third-order valence-corrected chi connectivity index (χ3v) is 5.50. The number of pyridine rings is 1. The van der Waals surface area contributed by atoms with E-state index in [4.69, 9.17) is 4.42 Å². The molecule has 0 amide bonds. The van der Waals surface area contributed by atoms with Gasteiger partial charge in [0.15, 0.2) is 0 Å². The van der Waals surface area contributed by atoms with Gasteiger partial charge in [-0.1, -0.05) is 6.07 Å². The van der Waals surface area contributed by atoms with Crippen molar-refractivity contribution in [3.8, 4) is 11.5 Å². The van der Waals surface area contributed by atoms with E-state index in [-0.39, 0.29) is 10.8 Å². The smallest absolute Gasteiger partial charge is 0.250 e. The van der Waals surface area contributed by atoms with Crippen molar-refractivity contribution in [3.05, 3.63) is 47.4 Å². The zero-order valence-corrected chi connectivity index (χ0v) is 15.2. The summed E-state index contributed by atoms with van der Waals surface area (Å²) in [6.45, 7) is 6.86. The monoisotopic (exact) mass is 361 g/mol. The lowest BCUT2D eigenvalue weighted by Gasteiger charge is -2.14. The quantitative estimate of drug-likeness (QED) is 0.721. The van der Waals surface area contributed by atoms with E-state index in [0.29, 0.717) is 28.5 Å². The number of H-pyrrole nitrogens is 1. The van der Waals surface area contributed by atoms with Crippen molar-refractivity contribution in [1.82, 2.24) is 24.9 Å². The summed E-state index contributed by atoms with van der Waals surface area (Å²) in [4.78, 5) is 7.34. The van der Waals surface area contributed by atoms with E-state index in [1.54, 1.807) is 46.0 Å². The van der Waals surface area contributed by atoms with Crippen LogP contribution in [0.2, 0.25) is 0 Å². The Morgan fingerprint density at radius 2 is 1.92 bits per heavy atom. The lowest BCUT2D eigenvalue weighted by Crippen LogP contribution is -2.28. The molecule has 2 N–H and O–H groups in total. The topological polar surface area (TPSA) is 114 Å². The molecule has 0 saturated heterocycles. The Kier molecular flexibility index (Phi) is 4.44. The van der Waals surface area contributed by atoms with Crippen LogP contribution in [-0.2, 0) is 10.0 Å². The first-order chi connectivity index (χ1) is 11.8. The van der Waals surface area contributed by atoms with Crippen LogP contribution in [0.4, 0.5) is 0 Å². The number of aryl methyl sites for hydroxylation is 3. The predicted octanol–water partition coefficient (Wildman–Crippen LogP) is 2.42. The van der Waals surface area contributed by atoms with E-state index >= 15 is 0 Å². The van der Waals surface area contributed by atoms with E-state index < -0.39 is 16.1 Å². The minimum Gasteiger partial charge on any atom is -0.421 e. The van der Waals surface area contributed by atoms with E-state index in [2.05, 4.69) is 24.9 Å². The first-order valence-corrected chi connectivity index (χ1v) is 9.21. The second kappa shape index (κ2) is 6.41. The highest BCUT2D eigenvalue weighted by Gasteiger charge is 2.30. The van der Waals surface area contributed by atoms with Gasteiger partial charge in [-0.15, -0.1) is 10.2 Å². The third kappa shape index (κ3) is 3.33. The Bertz CT molecular complexity index is 992. The highest BCUT2D eigenvalue weighted by molar-refractivity contribution is 7.89. The van der Waals surface area contributed by atoms with Crippen LogP contribution in [0.1, 0.15) is 35.9 Å². The number of rotatable bonds is 5. The lowest BCUT2D eigenvalue weighted by atomic mass is 10.2. The van der Waals surface area contributed by atoms with E-state index in [0.717, 1.165) is 0 Å². The average Bonchev–Trinajstić information content (AvgIpc) is 3.10. The largest absolute Gasteiger partial charge is 0.421 e. The molecule has 9 heteroatoms. The lowest BCUT2D eigenvalue weighted by molar-refractivity contribution is 0.529. The highest BCUT2D eigenvalue weighted by atomic mass is 32.2. The standard InChI is InChI=1S/C16H19N5O3S/c1-9(13-7-5-6-8-17-13)21-25(22,23)15-11(3)18-10(2)14(15)16-20-19-12(4)24-16/h5-9,18,21H,1-4H3/t9-/m0/s1. The molecule has 0 bridgehead atoms. The van der Waals surface area contributed by atoms with Crippen molar-refractivity contribution in [2.45, 2.75) is 38.6 Å². The highest BCUT2D eigenvalue weighted by Crippen LogP contribution is 2.33. The predicted molar refractivity (Wildman–Crippen MR) is 91.3 cm³/mol. The number of hydrogen-bond donors (Lipinski definition) is 2. The van der Waals surface area contributed by atoms with Crippen LogP contribution in [0.5, 0.6) is 0 Å². The molecule has 3 aromatic rings. The fraction of sp³-hybridized carbons (Fsp3) is 0.312. The molecule has 0 unspecified atom stereocenters. The summed E-state index contributed by atoms with van der Waals surface area (Å²) >= 11 is 0. The molecule has 0 aliphatic heterocycles. The zero-order valence-electron chi connectivity index (χ0n) is 14.4. The Labute approximate surface area is 145 Å². The molecule has 0 fully saturated rings. The van der Waals surface area contributed by atoms with Gasteiger partial charge in [0.25, 0.3) is 5.89 Å². The van der Waals surface area contributed by atoms with Crippen molar-refractivity contribution >= 4 is 10.0 Å². The number of hydrogen-bond acceptors (Lipinski definition) is 6. The van der Waals surface area contributed by atoms with Gasteiger partial charge >= 0.3 is 0 Å². The van der Waals surface area contributed by atoms with Gasteiger partial charge < -0.3 is 9.40 Å². The van der Waals surface area contributed by atoms with Gasteiger partial charge in [-0.3, -0.25) is 4.98 Å². The molecule has 0 spiro atoms. The Hall–Kier alpha value is -2.52. The molecule has 0 aliphatic rings. The van der Waals surface area contributed by atoms with Crippen LogP contribution < -0.4 is 4.72 Å². The number of aromatic amines is 1. The first-order valence-electron chi connectivity index (χ1n) is 7.72. The molecular weight excluding hydrogens is 342 g/mol. The Balaban J connectivity index is 2.03. The number of nitrogens with zero attached hydrogens (tertiary/aromatic N) is 3. The summed E-state index contributed by atoms with van der Waals surface area (Å²) in [5, 5.41) is 7.75. The van der Waals surface area contributed by atoms with Gasteiger partial charge in [-0.2, -0.15) is 0 Å². The van der Waals surface area contributed by atoms with Gasteiger partial charge in [-0.25, -0.2) is 13.1 Å². The van der Waals surface area contributed by atoms with Crippen LogP contribution in [0, 0.1) is 20.8 Å². The fourth-order valence-corrected chi connectivity index (χ4v) is 4.40. The molecule has 3 aromatic heterocycles. The van der Waals surface area contributed by atoms with Gasteiger partial charge in [0, 0.05) is 24.5 Å². The minimum absolute atomic E-state index is 0.108. The molecule has 25 heavy (non-hydrogen) atoms. The van der Waals surface area contributed by atoms with Crippen molar-refractivity contribution < 1.29 is 12.8 Å². The number of aromatic nitrogens is 4. The molecule has 132 valence electrons. The van der Waals surface area contributed by atoms with Crippen molar-refractivity contribution in [3.63, 3.8) is 0 Å². The first kappa shape index (κ1) is 17.3. The molecule has 1 atom stereocenters. The van der Waals surface area contributed by atoms with Crippen molar-refractivity contribution in [2.75, 3.05) is 0 Å². The van der Waals surface area contributed by atoms with Gasteiger partial charge in [0.1, 0.15) is 4.90 Å². The minimum atomic E-state index is -3.84. The second-order valence-electron chi connectivity index (χ2n) is 5.80. The van der Waals surface area contributed by atoms with Crippen LogP contribution >= 0.6 is 0 Å². The summed E-state index contributed by atoms with van der Waals surface area (Å²) in [5.74, 6) is 0.539. The normalized spacial score (nSPS) is 13.1. The van der Waals surface area contributed by atoms with Crippen LogP contribution in [0.25, 0.3) is 11.5 Å². The summed E-state index contributed by atoms with van der Waals surface area (Å²) in [6, 6.07) is 4.87. The summed E-state index contributed by atoms with van der Waals surface area (Å²) in [5.41, 5.74) is 2.17. The summed E-state index contributed by atoms with van der Waals surface area (Å²) in [6.07, 6.45) is 1.62. The maximum atomic E-state index is 13.0. The maximum Gasteiger partial charge on any atom is 0.250 e. The molecule has 0 saturated carbocycles. The number of nitrogens with one attached hydrogen (secondary N) is 2. The second-order valence-corrected chi connectivity index (χ2v) is 7.45. The molecule has 3 heterocycles. The third-order valence-electron chi connectivity index (χ3n) is 3.79. The van der Waals surface area contributed by atoms with Crippen molar-refractivity contribution in [1.29, 1.82) is 0 Å². The molecule has 0 aromatic carbocycles. The maximum absolute atomic E-state index is 13.0. The number of sulfonamides is 1. The van der Waals surface area contributed by atoms with Crippen LogP contribution in [0.15, 0.2) is 33.7 Å². The molecular formula is C16H19N5O3S. The molecule has 0 radical (unpaired) electrons. The van der Waals surface area contributed by atoms with E-state index in [1.807, 2.05) is 6.07 Å². The average molecular weight is 361 g/mol. The SMILES string of the molecule is Cc1nnc(-c2c(C)[nH]c(C)c2S(=O)(=O)N[C@@H](C)c2ccccn2)o1. The van der Waals surface area contributed by atoms with E-state index in [9.17, 15) is 8.42 Å². The van der Waals surface area contributed by atoms with Gasteiger partial charge in [0.05, 0.1) is 17.3 Å². The van der Waals surface area contributed by atoms with Crippen LogP contribution in [0.3, 0.4) is 0 Å². The fourth-order valence-electron chi connectivity index (χ4n) is 2.73. The van der Waals surface area contributed by atoms with Crippen LogP contribution in [-0.4, -0.2) is 28.6 Å². The van der Waals surface area contributed by atoms with Gasteiger partial charge in [0.2, 0.25) is 15.9 Å².